The monoisotopic (exact) mass is 355 g/mol. The van der Waals surface area contributed by atoms with E-state index in [0.717, 1.165) is 32.5 Å². The standard InChI is InChI=1S/C16H25N3O4S/c1-15(2,3)23-14(20)18-10-16(11-18)5-12(6-16)8-19-9-13(7-17-19)24(4,21)22/h7,9,12H,5-6,8,10-11H2,1-4H3. The van der Waals surface area contributed by atoms with Crippen LogP contribution in [0.5, 0.6) is 0 Å². The lowest BCUT2D eigenvalue weighted by atomic mass is 9.58. The fourth-order valence-corrected chi connectivity index (χ4v) is 4.22. The molecule has 3 rings (SSSR count). The molecule has 0 radical (unpaired) electrons. The third-order valence-electron chi connectivity index (χ3n) is 4.63. The Morgan fingerprint density at radius 3 is 2.50 bits per heavy atom. The van der Waals surface area contributed by atoms with Gasteiger partial charge in [0.1, 0.15) is 10.5 Å². The third-order valence-corrected chi connectivity index (χ3v) is 5.70. The van der Waals surface area contributed by atoms with Gasteiger partial charge in [0, 0.05) is 37.5 Å². The van der Waals surface area contributed by atoms with Crippen molar-refractivity contribution in [3.8, 4) is 0 Å². The minimum Gasteiger partial charge on any atom is -0.444 e. The van der Waals surface area contributed by atoms with E-state index in [9.17, 15) is 13.2 Å². The number of nitrogens with zero attached hydrogens (tertiary/aromatic N) is 3. The van der Waals surface area contributed by atoms with Crippen LogP contribution in [-0.4, -0.2) is 54.1 Å². The molecule has 2 heterocycles. The van der Waals surface area contributed by atoms with Gasteiger partial charge in [-0.3, -0.25) is 4.68 Å². The molecule has 8 heteroatoms. The molecule has 2 aliphatic rings. The molecule has 7 nitrogen and oxygen atoms in total. The highest BCUT2D eigenvalue weighted by molar-refractivity contribution is 7.90. The number of rotatable bonds is 3. The van der Waals surface area contributed by atoms with Crippen molar-refractivity contribution < 1.29 is 17.9 Å². The van der Waals surface area contributed by atoms with Gasteiger partial charge in [0.15, 0.2) is 9.84 Å². The Bertz CT molecular complexity index is 734. The lowest BCUT2D eigenvalue weighted by molar-refractivity contribution is -0.0987. The first kappa shape index (κ1) is 17.3. The highest BCUT2D eigenvalue weighted by Crippen LogP contribution is 2.52. The van der Waals surface area contributed by atoms with Crippen LogP contribution in [0, 0.1) is 11.3 Å². The van der Waals surface area contributed by atoms with Crippen molar-refractivity contribution >= 4 is 15.9 Å². The van der Waals surface area contributed by atoms with Gasteiger partial charge in [0.25, 0.3) is 0 Å². The maximum absolute atomic E-state index is 12.0. The van der Waals surface area contributed by atoms with E-state index in [4.69, 9.17) is 4.74 Å². The van der Waals surface area contributed by atoms with E-state index in [0.29, 0.717) is 5.92 Å². The van der Waals surface area contributed by atoms with Crippen LogP contribution in [0.3, 0.4) is 0 Å². The van der Waals surface area contributed by atoms with Crippen molar-refractivity contribution in [3.63, 3.8) is 0 Å². The fourth-order valence-electron chi connectivity index (χ4n) is 3.67. The van der Waals surface area contributed by atoms with E-state index < -0.39 is 15.4 Å². The summed E-state index contributed by atoms with van der Waals surface area (Å²) in [5, 5.41) is 4.13. The molecule has 134 valence electrons. The molecule has 24 heavy (non-hydrogen) atoms. The summed E-state index contributed by atoms with van der Waals surface area (Å²) in [5.74, 6) is 0.484. The van der Waals surface area contributed by atoms with E-state index >= 15 is 0 Å². The van der Waals surface area contributed by atoms with Crippen LogP contribution in [-0.2, 0) is 21.1 Å². The summed E-state index contributed by atoms with van der Waals surface area (Å²) >= 11 is 0. The zero-order valence-corrected chi connectivity index (χ0v) is 15.5. The summed E-state index contributed by atoms with van der Waals surface area (Å²) in [5.41, 5.74) is -0.228. The van der Waals surface area contributed by atoms with Crippen LogP contribution in [0.4, 0.5) is 4.79 Å². The second kappa shape index (κ2) is 5.47. The predicted octanol–water partition coefficient (Wildman–Crippen LogP) is 1.93. The molecule has 0 atom stereocenters. The van der Waals surface area contributed by atoms with Gasteiger partial charge in [0.05, 0.1) is 6.20 Å². The number of hydrogen-bond donors (Lipinski definition) is 0. The summed E-state index contributed by atoms with van der Waals surface area (Å²) in [4.78, 5) is 14.0. The summed E-state index contributed by atoms with van der Waals surface area (Å²) in [6.07, 6.45) is 6.03. The van der Waals surface area contributed by atoms with Crippen LogP contribution in [0.15, 0.2) is 17.3 Å². The molecule has 0 unspecified atom stereocenters. The SMILES string of the molecule is CC(C)(C)OC(=O)N1CC2(CC(Cn3cc(S(C)(=O)=O)cn3)C2)C1. The molecular weight excluding hydrogens is 330 g/mol. The van der Waals surface area contributed by atoms with E-state index in [2.05, 4.69) is 5.10 Å². The average molecular weight is 355 g/mol. The van der Waals surface area contributed by atoms with Crippen LogP contribution >= 0.6 is 0 Å². The van der Waals surface area contributed by atoms with Gasteiger partial charge < -0.3 is 9.64 Å². The predicted molar refractivity (Wildman–Crippen MR) is 88.3 cm³/mol. The second-order valence-corrected chi connectivity index (χ2v) is 10.3. The topological polar surface area (TPSA) is 81.5 Å². The summed E-state index contributed by atoms with van der Waals surface area (Å²) < 4.78 is 30.0. The molecule has 1 aromatic rings. The number of carbonyl (C=O) groups is 1. The van der Waals surface area contributed by atoms with Crippen LogP contribution in [0.25, 0.3) is 0 Å². The van der Waals surface area contributed by atoms with Crippen LogP contribution in [0.2, 0.25) is 0 Å². The lowest BCUT2D eigenvalue weighted by Gasteiger charge is -2.58. The number of sulfone groups is 1. The minimum absolute atomic E-state index is 0.231. The van der Waals surface area contributed by atoms with Gasteiger partial charge >= 0.3 is 6.09 Å². The van der Waals surface area contributed by atoms with Gasteiger partial charge in [-0.25, -0.2) is 13.2 Å². The Kier molecular flexibility index (Phi) is 3.94. The molecule has 1 saturated heterocycles. The number of amides is 1. The van der Waals surface area contributed by atoms with Crippen molar-refractivity contribution in [2.75, 3.05) is 19.3 Å². The summed E-state index contributed by atoms with van der Waals surface area (Å²) in [6.45, 7) is 7.85. The maximum atomic E-state index is 12.0. The van der Waals surface area contributed by atoms with E-state index in [1.54, 1.807) is 15.8 Å². The zero-order chi connectivity index (χ0) is 17.8. The molecular formula is C16H25N3O4S. The maximum Gasteiger partial charge on any atom is 0.410 e. The molecule has 1 spiro atoms. The molecule has 0 N–H and O–H groups in total. The Labute approximate surface area is 142 Å². The number of aromatic nitrogens is 2. The summed E-state index contributed by atoms with van der Waals surface area (Å²) in [7, 11) is -3.20. The van der Waals surface area contributed by atoms with Gasteiger partial charge in [-0.1, -0.05) is 0 Å². The van der Waals surface area contributed by atoms with Crippen LogP contribution < -0.4 is 0 Å². The van der Waals surface area contributed by atoms with E-state index in [-0.39, 0.29) is 16.4 Å². The van der Waals surface area contributed by atoms with Gasteiger partial charge in [-0.2, -0.15) is 5.10 Å². The normalized spacial score (nSPS) is 20.6. The van der Waals surface area contributed by atoms with Crippen molar-refractivity contribution in [2.45, 2.75) is 50.7 Å². The fraction of sp³-hybridized carbons (Fsp3) is 0.750. The molecule has 1 aliphatic heterocycles. The highest BCUT2D eigenvalue weighted by atomic mass is 32.2. The first-order valence-corrected chi connectivity index (χ1v) is 10.1. The van der Waals surface area contributed by atoms with Gasteiger partial charge in [-0.15, -0.1) is 0 Å². The van der Waals surface area contributed by atoms with E-state index in [1.165, 1.54) is 12.5 Å². The first-order valence-electron chi connectivity index (χ1n) is 8.16. The van der Waals surface area contributed by atoms with E-state index in [1.807, 2.05) is 20.8 Å². The molecule has 1 aromatic heterocycles. The lowest BCUT2D eigenvalue weighted by Crippen LogP contribution is -2.64. The Hall–Kier alpha value is -1.57. The number of hydrogen-bond acceptors (Lipinski definition) is 5. The molecule has 0 aromatic carbocycles. The Morgan fingerprint density at radius 2 is 2.00 bits per heavy atom. The largest absolute Gasteiger partial charge is 0.444 e. The first-order chi connectivity index (χ1) is 11.0. The highest BCUT2D eigenvalue weighted by Gasteiger charge is 2.54. The smallest absolute Gasteiger partial charge is 0.410 e. The molecule has 1 saturated carbocycles. The van der Waals surface area contributed by atoms with Crippen molar-refractivity contribution in [1.29, 1.82) is 0 Å². The van der Waals surface area contributed by atoms with Gasteiger partial charge in [-0.05, 0) is 39.5 Å². The zero-order valence-electron chi connectivity index (χ0n) is 14.7. The molecule has 2 fully saturated rings. The Balaban J connectivity index is 1.46. The average Bonchev–Trinajstić information content (AvgIpc) is 2.75. The number of carbonyl (C=O) groups excluding carboxylic acids is 1. The van der Waals surface area contributed by atoms with Gasteiger partial charge in [0.2, 0.25) is 0 Å². The summed E-state index contributed by atoms with van der Waals surface area (Å²) in [6, 6.07) is 0. The molecule has 0 bridgehead atoms. The van der Waals surface area contributed by atoms with Crippen LogP contribution in [0.1, 0.15) is 33.6 Å². The Morgan fingerprint density at radius 1 is 1.38 bits per heavy atom. The number of ether oxygens (including phenoxy) is 1. The van der Waals surface area contributed by atoms with Crippen molar-refractivity contribution in [1.82, 2.24) is 14.7 Å². The molecule has 1 amide bonds. The minimum atomic E-state index is -3.20. The van der Waals surface area contributed by atoms with Crippen molar-refractivity contribution in [3.05, 3.63) is 12.4 Å². The quantitative estimate of drug-likeness (QED) is 0.827. The second-order valence-electron chi connectivity index (χ2n) is 8.28. The number of likely N-dealkylation sites (tertiary alicyclic amines) is 1. The third kappa shape index (κ3) is 3.58. The molecule has 1 aliphatic carbocycles. The van der Waals surface area contributed by atoms with Crippen molar-refractivity contribution in [2.24, 2.45) is 11.3 Å².